The number of rotatable bonds is 15. The van der Waals surface area contributed by atoms with Crippen LogP contribution in [0.25, 0.3) is 0 Å². The first-order valence-corrected chi connectivity index (χ1v) is 9.77. The lowest BCUT2D eigenvalue weighted by Gasteiger charge is -2.25. The number of carbonyl (C=O) groups excluding carboxylic acids is 4. The number of hydrogen-bond acceptors (Lipinski definition) is 8. The first-order valence-electron chi connectivity index (χ1n) is 9.77. The highest BCUT2D eigenvalue weighted by molar-refractivity contribution is 5.96. The average molecular weight is 475 g/mol. The molecule has 186 valence electrons. The molecular weight excluding hydrogens is 446 g/mol. The first-order chi connectivity index (χ1) is 15.1. The smallest absolute Gasteiger partial charge is 0.326 e. The van der Waals surface area contributed by atoms with Crippen LogP contribution in [0.2, 0.25) is 0 Å². The molecule has 0 saturated heterocycles. The van der Waals surface area contributed by atoms with E-state index in [0.29, 0.717) is 0 Å². The zero-order valence-electron chi connectivity index (χ0n) is 18.1. The summed E-state index contributed by atoms with van der Waals surface area (Å²) >= 11 is 0. The number of nitrogens with two attached hydrogens (primary N) is 2. The van der Waals surface area contributed by atoms with Crippen LogP contribution < -0.4 is 27.4 Å². The standard InChI is InChI=1S/C18H29N5O10/c1-7(2)14(18(32)33)23-17(31)10(6-13(27)28)22-16(30)9(3-4-12(25)26)21-15(29)8(19)5-11(20)24/h7-10,14H,3-6,19H2,1-2H3,(H2,20,24)(H,21,29)(H,22,30)(H,23,31)(H,25,26)(H,27,28)(H,32,33). The van der Waals surface area contributed by atoms with Gasteiger partial charge in [0.2, 0.25) is 23.6 Å². The predicted molar refractivity (Wildman–Crippen MR) is 109 cm³/mol. The number of amides is 4. The molecule has 0 aliphatic heterocycles. The largest absolute Gasteiger partial charge is 0.481 e. The van der Waals surface area contributed by atoms with Crippen molar-refractivity contribution in [3.8, 4) is 0 Å². The molecule has 0 spiro atoms. The zero-order valence-corrected chi connectivity index (χ0v) is 18.1. The maximum atomic E-state index is 12.6. The fraction of sp³-hybridized carbons (Fsp3) is 0.611. The highest BCUT2D eigenvalue weighted by Crippen LogP contribution is 2.06. The molecule has 4 amide bonds. The van der Waals surface area contributed by atoms with Gasteiger partial charge in [-0.3, -0.25) is 28.8 Å². The van der Waals surface area contributed by atoms with Crippen molar-refractivity contribution >= 4 is 41.5 Å². The van der Waals surface area contributed by atoms with Gasteiger partial charge in [0.05, 0.1) is 18.9 Å². The third-order valence-electron chi connectivity index (χ3n) is 4.28. The summed E-state index contributed by atoms with van der Waals surface area (Å²) in [7, 11) is 0. The van der Waals surface area contributed by atoms with E-state index in [1.54, 1.807) is 0 Å². The van der Waals surface area contributed by atoms with Gasteiger partial charge in [-0.25, -0.2) is 4.79 Å². The Labute approximate surface area is 188 Å². The lowest BCUT2D eigenvalue weighted by atomic mass is 10.0. The van der Waals surface area contributed by atoms with E-state index in [-0.39, 0.29) is 0 Å². The molecule has 0 radical (unpaired) electrons. The number of carboxylic acids is 3. The molecule has 33 heavy (non-hydrogen) atoms. The van der Waals surface area contributed by atoms with E-state index < -0.39 is 97.3 Å². The molecular formula is C18H29N5O10. The molecule has 0 rings (SSSR count). The van der Waals surface area contributed by atoms with Gasteiger partial charge in [-0.1, -0.05) is 13.8 Å². The quantitative estimate of drug-likeness (QED) is 0.116. The second-order valence-corrected chi connectivity index (χ2v) is 7.50. The monoisotopic (exact) mass is 475 g/mol. The van der Waals surface area contributed by atoms with E-state index in [1.165, 1.54) is 13.8 Å². The molecule has 0 saturated carbocycles. The molecule has 0 aliphatic rings. The maximum absolute atomic E-state index is 12.6. The zero-order chi connectivity index (χ0) is 25.9. The number of nitrogens with one attached hydrogen (secondary N) is 3. The third-order valence-corrected chi connectivity index (χ3v) is 4.28. The second-order valence-electron chi connectivity index (χ2n) is 7.50. The minimum Gasteiger partial charge on any atom is -0.481 e. The Kier molecular flexibility index (Phi) is 12.1. The molecule has 15 nitrogen and oxygen atoms in total. The normalized spacial score (nSPS) is 14.3. The van der Waals surface area contributed by atoms with Crippen molar-refractivity contribution < 1.29 is 48.9 Å². The molecule has 0 fully saturated rings. The molecule has 4 atom stereocenters. The molecule has 10 N–H and O–H groups in total. The molecule has 0 bridgehead atoms. The summed E-state index contributed by atoms with van der Waals surface area (Å²) in [6.45, 7) is 2.99. The van der Waals surface area contributed by atoms with Gasteiger partial charge in [-0.15, -0.1) is 0 Å². The van der Waals surface area contributed by atoms with Crippen LogP contribution in [-0.2, 0) is 33.6 Å². The number of carboxylic acid groups (broad SMARTS) is 3. The summed E-state index contributed by atoms with van der Waals surface area (Å²) in [6, 6.07) is -6.11. The van der Waals surface area contributed by atoms with E-state index in [4.69, 9.17) is 21.7 Å². The van der Waals surface area contributed by atoms with E-state index in [9.17, 15) is 38.7 Å². The van der Waals surface area contributed by atoms with Crippen LogP contribution in [0, 0.1) is 5.92 Å². The lowest BCUT2D eigenvalue weighted by molar-refractivity contribution is -0.144. The van der Waals surface area contributed by atoms with Crippen LogP contribution in [0.5, 0.6) is 0 Å². The highest BCUT2D eigenvalue weighted by atomic mass is 16.4. The Balaban J connectivity index is 5.60. The van der Waals surface area contributed by atoms with Crippen LogP contribution in [0.1, 0.15) is 39.5 Å². The van der Waals surface area contributed by atoms with Gasteiger partial charge in [0.25, 0.3) is 0 Å². The molecule has 15 heteroatoms. The van der Waals surface area contributed by atoms with Crippen molar-refractivity contribution in [1.82, 2.24) is 16.0 Å². The fourth-order valence-electron chi connectivity index (χ4n) is 2.55. The topological polar surface area (TPSA) is 268 Å². The van der Waals surface area contributed by atoms with Gasteiger partial charge >= 0.3 is 17.9 Å². The van der Waals surface area contributed by atoms with Crippen molar-refractivity contribution in [2.45, 2.75) is 63.7 Å². The molecule has 0 aromatic heterocycles. The number of carbonyl (C=O) groups is 7. The first kappa shape index (κ1) is 29.2. The summed E-state index contributed by atoms with van der Waals surface area (Å²) in [5.41, 5.74) is 10.4. The summed E-state index contributed by atoms with van der Waals surface area (Å²) < 4.78 is 0. The van der Waals surface area contributed by atoms with E-state index >= 15 is 0 Å². The molecule has 0 aromatic carbocycles. The predicted octanol–water partition coefficient (Wildman–Crippen LogP) is -3.28. The van der Waals surface area contributed by atoms with Gasteiger partial charge in [-0.2, -0.15) is 0 Å². The highest BCUT2D eigenvalue weighted by Gasteiger charge is 2.32. The number of aliphatic carboxylic acids is 3. The number of primary amides is 1. The Morgan fingerprint density at radius 2 is 1.27 bits per heavy atom. The van der Waals surface area contributed by atoms with Crippen molar-refractivity contribution in [3.63, 3.8) is 0 Å². The second kappa shape index (κ2) is 13.6. The summed E-state index contributed by atoms with van der Waals surface area (Å²) in [6.07, 6.45) is -2.53. The molecule has 0 aromatic rings. The molecule has 4 unspecified atom stereocenters. The van der Waals surface area contributed by atoms with Crippen LogP contribution in [0.4, 0.5) is 0 Å². The Hall–Kier alpha value is -3.75. The van der Waals surface area contributed by atoms with Gasteiger partial charge in [0.15, 0.2) is 0 Å². The van der Waals surface area contributed by atoms with Gasteiger partial charge in [-0.05, 0) is 12.3 Å². The van der Waals surface area contributed by atoms with Crippen molar-refractivity contribution in [1.29, 1.82) is 0 Å². The van der Waals surface area contributed by atoms with Gasteiger partial charge in [0.1, 0.15) is 18.1 Å². The van der Waals surface area contributed by atoms with E-state index in [1.807, 2.05) is 0 Å². The molecule has 0 heterocycles. The van der Waals surface area contributed by atoms with Crippen LogP contribution >= 0.6 is 0 Å². The van der Waals surface area contributed by atoms with Crippen LogP contribution in [0.15, 0.2) is 0 Å². The minimum atomic E-state index is -1.74. The minimum absolute atomic E-state index is 0.457. The van der Waals surface area contributed by atoms with Crippen molar-refractivity contribution in [2.75, 3.05) is 0 Å². The summed E-state index contributed by atoms with van der Waals surface area (Å²) in [5.74, 6) is -8.90. The lowest BCUT2D eigenvalue weighted by Crippen LogP contribution is -2.58. The number of hydrogen-bond donors (Lipinski definition) is 8. The van der Waals surface area contributed by atoms with E-state index in [0.717, 1.165) is 0 Å². The van der Waals surface area contributed by atoms with Crippen LogP contribution in [0.3, 0.4) is 0 Å². The Morgan fingerprint density at radius 3 is 1.70 bits per heavy atom. The van der Waals surface area contributed by atoms with Crippen molar-refractivity contribution in [3.05, 3.63) is 0 Å². The maximum Gasteiger partial charge on any atom is 0.326 e. The van der Waals surface area contributed by atoms with Crippen LogP contribution in [-0.4, -0.2) is 81.0 Å². The molecule has 0 aliphatic carbocycles. The van der Waals surface area contributed by atoms with E-state index in [2.05, 4.69) is 16.0 Å². The van der Waals surface area contributed by atoms with Crippen molar-refractivity contribution in [2.24, 2.45) is 17.4 Å². The Morgan fingerprint density at radius 1 is 0.758 bits per heavy atom. The average Bonchev–Trinajstić information content (AvgIpc) is 2.66. The fourth-order valence-corrected chi connectivity index (χ4v) is 2.55. The summed E-state index contributed by atoms with van der Waals surface area (Å²) in [4.78, 5) is 81.5. The Bertz CT molecular complexity index is 785. The van der Waals surface area contributed by atoms with Gasteiger partial charge in [0, 0.05) is 6.42 Å². The summed E-state index contributed by atoms with van der Waals surface area (Å²) in [5, 5.41) is 33.5. The van der Waals surface area contributed by atoms with Gasteiger partial charge < -0.3 is 42.7 Å². The third kappa shape index (κ3) is 11.4. The SMILES string of the molecule is CC(C)C(NC(=O)C(CC(=O)O)NC(=O)C(CCC(=O)O)NC(=O)C(N)CC(N)=O)C(=O)O.